The third-order valence-corrected chi connectivity index (χ3v) is 3.99. The van der Waals surface area contributed by atoms with Crippen LogP contribution in [-0.4, -0.2) is 29.7 Å². The Morgan fingerprint density at radius 2 is 2.04 bits per heavy atom. The maximum Gasteiger partial charge on any atom is 0.283 e. The van der Waals surface area contributed by atoms with Crippen molar-refractivity contribution in [3.63, 3.8) is 0 Å². The Labute approximate surface area is 145 Å². The van der Waals surface area contributed by atoms with Crippen LogP contribution in [0.5, 0.6) is 0 Å². The lowest BCUT2D eigenvalue weighted by Gasteiger charge is -2.13. The zero-order valence-corrected chi connectivity index (χ0v) is 14.5. The molecule has 0 radical (unpaired) electrons. The largest absolute Gasteiger partial charge is 0.459 e. The van der Waals surface area contributed by atoms with Crippen molar-refractivity contribution in [2.24, 2.45) is 0 Å². The Kier molecular flexibility index (Phi) is 4.95. The van der Waals surface area contributed by atoms with Crippen molar-refractivity contribution < 1.29 is 18.5 Å². The van der Waals surface area contributed by atoms with Gasteiger partial charge in [-0.25, -0.2) is 0 Å². The fraction of sp³-hybridized carbons (Fsp3) is 0.278. The van der Waals surface area contributed by atoms with Gasteiger partial charge in [0.25, 0.3) is 17.7 Å². The number of rotatable bonds is 6. The summed E-state index contributed by atoms with van der Waals surface area (Å²) in [6.45, 7) is 4.77. The summed E-state index contributed by atoms with van der Waals surface area (Å²) in [5, 5.41) is 10.9. The highest BCUT2D eigenvalue weighted by Crippen LogP contribution is 2.18. The Balaban J connectivity index is 1.56. The summed E-state index contributed by atoms with van der Waals surface area (Å²) in [7, 11) is 1.90. The lowest BCUT2D eigenvalue weighted by molar-refractivity contribution is -0.886. The third kappa shape index (κ3) is 4.13. The van der Waals surface area contributed by atoms with Gasteiger partial charge in [-0.05, 0) is 43.2 Å². The van der Waals surface area contributed by atoms with Gasteiger partial charge in [0.1, 0.15) is 0 Å². The number of hydrogen-bond acceptors (Lipinski definition) is 5. The summed E-state index contributed by atoms with van der Waals surface area (Å²) >= 11 is 0. The van der Waals surface area contributed by atoms with Gasteiger partial charge < -0.3 is 19.1 Å². The van der Waals surface area contributed by atoms with Crippen molar-refractivity contribution in [1.82, 2.24) is 10.2 Å². The minimum absolute atomic E-state index is 0.0584. The van der Waals surface area contributed by atoms with Crippen LogP contribution in [0.2, 0.25) is 0 Å². The van der Waals surface area contributed by atoms with Gasteiger partial charge in [-0.1, -0.05) is 12.1 Å². The first-order valence-electron chi connectivity index (χ1n) is 8.06. The lowest BCUT2D eigenvalue weighted by Crippen LogP contribution is -3.08. The Bertz CT molecular complexity index is 855. The van der Waals surface area contributed by atoms with Gasteiger partial charge in [0.2, 0.25) is 0 Å². The molecule has 0 spiro atoms. The predicted molar refractivity (Wildman–Crippen MR) is 92.0 cm³/mol. The molecule has 2 heterocycles. The van der Waals surface area contributed by atoms with Gasteiger partial charge in [-0.2, -0.15) is 0 Å². The molecule has 7 nitrogen and oxygen atoms in total. The number of hydrogen-bond donors (Lipinski definition) is 2. The maximum atomic E-state index is 12.3. The fourth-order valence-corrected chi connectivity index (χ4v) is 2.50. The smallest absolute Gasteiger partial charge is 0.283 e. The SMILES string of the molecule is Cc1cccc(NC(=O)C[NH+](C)Cc2nnc(-c3ccco3)o2)c1C. The van der Waals surface area contributed by atoms with Crippen LogP contribution in [-0.2, 0) is 11.3 Å². The number of nitrogens with one attached hydrogen (secondary N) is 2. The van der Waals surface area contributed by atoms with Crippen LogP contribution >= 0.6 is 0 Å². The number of benzene rings is 1. The van der Waals surface area contributed by atoms with Gasteiger partial charge >= 0.3 is 0 Å². The molecule has 1 amide bonds. The molecule has 1 unspecified atom stereocenters. The van der Waals surface area contributed by atoms with Crippen molar-refractivity contribution in [1.29, 1.82) is 0 Å². The van der Waals surface area contributed by atoms with Crippen molar-refractivity contribution in [3.05, 3.63) is 53.6 Å². The molecule has 0 bridgehead atoms. The molecular formula is C18H21N4O3+. The average Bonchev–Trinajstić information content (AvgIpc) is 3.22. The second-order valence-electron chi connectivity index (χ2n) is 6.08. The Morgan fingerprint density at radius 1 is 1.20 bits per heavy atom. The molecule has 0 aliphatic carbocycles. The van der Waals surface area contributed by atoms with E-state index in [2.05, 4.69) is 15.5 Å². The standard InChI is InChI=1S/C18H20N4O3/c1-12-6-4-7-14(13(12)2)19-16(23)10-22(3)11-17-20-21-18(25-17)15-8-5-9-24-15/h4-9H,10-11H2,1-3H3,(H,19,23)/p+1. The number of nitrogens with zero attached hydrogens (tertiary/aromatic N) is 2. The van der Waals surface area contributed by atoms with E-state index in [4.69, 9.17) is 8.83 Å². The summed E-state index contributed by atoms with van der Waals surface area (Å²) in [6.07, 6.45) is 1.55. The summed E-state index contributed by atoms with van der Waals surface area (Å²) in [4.78, 5) is 13.2. The zero-order valence-electron chi connectivity index (χ0n) is 14.5. The van der Waals surface area contributed by atoms with Gasteiger partial charge in [-0.3, -0.25) is 4.79 Å². The van der Waals surface area contributed by atoms with Crippen LogP contribution in [0.3, 0.4) is 0 Å². The predicted octanol–water partition coefficient (Wildman–Crippen LogP) is 1.60. The molecule has 130 valence electrons. The number of amides is 1. The molecule has 3 rings (SSSR count). The molecular weight excluding hydrogens is 320 g/mol. The third-order valence-electron chi connectivity index (χ3n) is 3.99. The summed E-state index contributed by atoms with van der Waals surface area (Å²) in [5.74, 6) is 1.28. The Morgan fingerprint density at radius 3 is 2.80 bits per heavy atom. The molecule has 0 aliphatic rings. The van der Waals surface area contributed by atoms with E-state index >= 15 is 0 Å². The normalized spacial score (nSPS) is 12.1. The van der Waals surface area contributed by atoms with Crippen LogP contribution in [0.15, 0.2) is 45.4 Å². The topological polar surface area (TPSA) is 85.6 Å². The highest BCUT2D eigenvalue weighted by Gasteiger charge is 2.17. The molecule has 0 saturated carbocycles. The molecule has 2 aromatic heterocycles. The molecule has 3 aromatic rings. The molecule has 1 atom stereocenters. The molecule has 1 aromatic carbocycles. The first-order chi connectivity index (χ1) is 12.0. The van der Waals surface area contributed by atoms with E-state index in [1.54, 1.807) is 18.4 Å². The van der Waals surface area contributed by atoms with E-state index in [1.165, 1.54) is 0 Å². The number of furan rings is 1. The number of aryl methyl sites for hydroxylation is 1. The highest BCUT2D eigenvalue weighted by molar-refractivity contribution is 5.92. The minimum Gasteiger partial charge on any atom is -0.459 e. The van der Waals surface area contributed by atoms with Crippen LogP contribution in [0.25, 0.3) is 11.7 Å². The van der Waals surface area contributed by atoms with E-state index in [-0.39, 0.29) is 5.91 Å². The van der Waals surface area contributed by atoms with Crippen molar-refractivity contribution >= 4 is 11.6 Å². The maximum absolute atomic E-state index is 12.3. The number of anilines is 1. The minimum atomic E-state index is -0.0584. The van der Waals surface area contributed by atoms with E-state index < -0.39 is 0 Å². The van der Waals surface area contributed by atoms with Crippen molar-refractivity contribution in [2.45, 2.75) is 20.4 Å². The average molecular weight is 341 g/mol. The van der Waals surface area contributed by atoms with Gasteiger partial charge in [-0.15, -0.1) is 10.2 Å². The quantitative estimate of drug-likeness (QED) is 0.711. The molecule has 2 N–H and O–H groups in total. The van der Waals surface area contributed by atoms with Gasteiger partial charge in [0, 0.05) is 5.69 Å². The van der Waals surface area contributed by atoms with Crippen molar-refractivity contribution in [3.8, 4) is 11.7 Å². The summed E-state index contributed by atoms with van der Waals surface area (Å²) in [5.41, 5.74) is 3.07. The number of likely N-dealkylation sites (N-methyl/N-ethyl adjacent to an activating group) is 1. The number of aromatic nitrogens is 2. The number of quaternary nitrogens is 1. The van der Waals surface area contributed by atoms with Crippen molar-refractivity contribution in [2.75, 3.05) is 18.9 Å². The second kappa shape index (κ2) is 7.31. The first kappa shape index (κ1) is 16.9. The summed E-state index contributed by atoms with van der Waals surface area (Å²) in [6, 6.07) is 9.38. The molecule has 0 aliphatic heterocycles. The molecule has 0 saturated heterocycles. The van der Waals surface area contributed by atoms with Crippen LogP contribution in [0.1, 0.15) is 17.0 Å². The van der Waals surface area contributed by atoms with E-state index in [0.29, 0.717) is 30.6 Å². The van der Waals surface area contributed by atoms with Gasteiger partial charge in [0.15, 0.2) is 18.8 Å². The number of carbonyl (C=O) groups excluding carboxylic acids is 1. The van der Waals surface area contributed by atoms with Crippen LogP contribution in [0, 0.1) is 13.8 Å². The Hall–Kier alpha value is -2.93. The monoisotopic (exact) mass is 341 g/mol. The molecule has 0 fully saturated rings. The summed E-state index contributed by atoms with van der Waals surface area (Å²) < 4.78 is 10.8. The van der Waals surface area contributed by atoms with Crippen LogP contribution in [0.4, 0.5) is 5.69 Å². The highest BCUT2D eigenvalue weighted by atomic mass is 16.4. The van der Waals surface area contributed by atoms with Gasteiger partial charge in [0.05, 0.1) is 13.3 Å². The second-order valence-corrected chi connectivity index (χ2v) is 6.08. The molecule has 25 heavy (non-hydrogen) atoms. The van der Waals surface area contributed by atoms with E-state index in [1.807, 2.05) is 39.1 Å². The first-order valence-corrected chi connectivity index (χ1v) is 8.06. The molecule has 7 heteroatoms. The van der Waals surface area contributed by atoms with Crippen LogP contribution < -0.4 is 10.2 Å². The van der Waals surface area contributed by atoms with E-state index in [0.717, 1.165) is 21.7 Å². The lowest BCUT2D eigenvalue weighted by atomic mass is 10.1. The number of carbonyl (C=O) groups is 1. The zero-order chi connectivity index (χ0) is 17.8. The van der Waals surface area contributed by atoms with E-state index in [9.17, 15) is 4.79 Å². The fourth-order valence-electron chi connectivity index (χ4n) is 2.50.